The predicted octanol–water partition coefficient (Wildman–Crippen LogP) is 4.34. The lowest BCUT2D eigenvalue weighted by atomic mass is 10.2. The second-order valence-corrected chi connectivity index (χ2v) is 6.11. The molecule has 0 aliphatic carbocycles. The number of benzene rings is 1. The van der Waals surface area contributed by atoms with Crippen LogP contribution in [0.1, 0.15) is 9.67 Å². The van der Waals surface area contributed by atoms with Gasteiger partial charge in [0, 0.05) is 12.2 Å². The van der Waals surface area contributed by atoms with Crippen LogP contribution in [-0.2, 0) is 0 Å². The largest absolute Gasteiger partial charge is 0.304 e. The molecule has 1 amide bonds. The summed E-state index contributed by atoms with van der Waals surface area (Å²) in [6.45, 7) is 4.21. The molecule has 2 rings (SSSR count). The van der Waals surface area contributed by atoms with E-state index in [4.69, 9.17) is 0 Å². The Bertz CT molecular complexity index is 550. The molecule has 0 aliphatic rings. The maximum Gasteiger partial charge on any atom is 0.268 e. The zero-order valence-electron chi connectivity index (χ0n) is 9.67. The van der Waals surface area contributed by atoms with Gasteiger partial charge in [0.15, 0.2) is 0 Å². The molecular formula is C14H12BrNOS. The topological polar surface area (TPSA) is 20.3 Å². The molecule has 0 N–H and O–H groups in total. The summed E-state index contributed by atoms with van der Waals surface area (Å²) in [6.07, 6.45) is 1.73. The number of carbonyl (C=O) groups excluding carboxylic acids is 1. The quantitative estimate of drug-likeness (QED) is 0.767. The summed E-state index contributed by atoms with van der Waals surface area (Å²) in [5, 5.41) is 0. The first-order valence-electron chi connectivity index (χ1n) is 5.45. The molecule has 0 radical (unpaired) electrons. The van der Waals surface area contributed by atoms with E-state index in [1.54, 1.807) is 11.0 Å². The van der Waals surface area contributed by atoms with Gasteiger partial charge in [0.1, 0.15) is 0 Å². The second-order valence-electron chi connectivity index (χ2n) is 3.64. The molecule has 0 fully saturated rings. The van der Waals surface area contributed by atoms with Gasteiger partial charge in [-0.3, -0.25) is 4.79 Å². The van der Waals surface area contributed by atoms with E-state index < -0.39 is 0 Å². The van der Waals surface area contributed by atoms with Gasteiger partial charge >= 0.3 is 0 Å². The molecule has 0 spiro atoms. The molecule has 0 saturated heterocycles. The van der Waals surface area contributed by atoms with Crippen molar-refractivity contribution in [2.75, 3.05) is 11.4 Å². The zero-order valence-corrected chi connectivity index (χ0v) is 12.1. The van der Waals surface area contributed by atoms with E-state index in [0.29, 0.717) is 11.4 Å². The number of halogens is 1. The second kappa shape index (κ2) is 5.98. The van der Waals surface area contributed by atoms with Crippen molar-refractivity contribution in [3.63, 3.8) is 0 Å². The minimum Gasteiger partial charge on any atom is -0.304 e. The number of hydrogen-bond acceptors (Lipinski definition) is 2. The molecule has 1 heterocycles. The number of rotatable bonds is 4. The molecule has 4 heteroatoms. The molecule has 0 aliphatic heterocycles. The Morgan fingerprint density at radius 3 is 2.56 bits per heavy atom. The van der Waals surface area contributed by atoms with Gasteiger partial charge in [-0.25, -0.2) is 0 Å². The van der Waals surface area contributed by atoms with Crippen LogP contribution >= 0.6 is 27.3 Å². The fourth-order valence-electron chi connectivity index (χ4n) is 1.60. The monoisotopic (exact) mass is 321 g/mol. The van der Waals surface area contributed by atoms with Crippen LogP contribution in [0, 0.1) is 0 Å². The maximum atomic E-state index is 12.4. The number of carbonyl (C=O) groups is 1. The molecule has 92 valence electrons. The van der Waals surface area contributed by atoms with Crippen LogP contribution in [-0.4, -0.2) is 12.5 Å². The third kappa shape index (κ3) is 2.89. The normalized spacial score (nSPS) is 10.1. The molecule has 0 saturated carbocycles. The van der Waals surface area contributed by atoms with Crippen LogP contribution in [0.5, 0.6) is 0 Å². The molecule has 0 bridgehead atoms. The summed E-state index contributed by atoms with van der Waals surface area (Å²) < 4.78 is 0.956. The number of hydrogen-bond donors (Lipinski definition) is 0. The lowest BCUT2D eigenvalue weighted by molar-refractivity contribution is 0.0993. The van der Waals surface area contributed by atoms with Crippen LogP contribution in [0.2, 0.25) is 0 Å². The SMILES string of the molecule is C=CCN(C(=O)c1ccc(Br)s1)c1ccccc1. The predicted molar refractivity (Wildman–Crippen MR) is 80.3 cm³/mol. The van der Waals surface area contributed by atoms with E-state index in [2.05, 4.69) is 22.5 Å². The van der Waals surface area contributed by atoms with Crippen LogP contribution in [0.3, 0.4) is 0 Å². The number of para-hydroxylation sites is 1. The van der Waals surface area contributed by atoms with E-state index in [0.717, 1.165) is 9.47 Å². The first-order chi connectivity index (χ1) is 8.72. The molecule has 2 aromatic rings. The van der Waals surface area contributed by atoms with Gasteiger partial charge in [-0.05, 0) is 40.2 Å². The molecule has 1 aromatic heterocycles. The van der Waals surface area contributed by atoms with Crippen molar-refractivity contribution >= 4 is 38.9 Å². The minimum atomic E-state index is -0.00296. The average Bonchev–Trinajstić information content (AvgIpc) is 2.83. The van der Waals surface area contributed by atoms with Crippen molar-refractivity contribution in [2.24, 2.45) is 0 Å². The van der Waals surface area contributed by atoms with E-state index in [-0.39, 0.29) is 5.91 Å². The van der Waals surface area contributed by atoms with E-state index in [1.807, 2.05) is 42.5 Å². The Morgan fingerprint density at radius 2 is 2.00 bits per heavy atom. The van der Waals surface area contributed by atoms with Gasteiger partial charge < -0.3 is 4.90 Å². The Kier molecular flexibility index (Phi) is 4.33. The van der Waals surface area contributed by atoms with Gasteiger partial charge in [-0.1, -0.05) is 24.3 Å². The highest BCUT2D eigenvalue weighted by atomic mass is 79.9. The van der Waals surface area contributed by atoms with Gasteiger partial charge in [0.05, 0.1) is 8.66 Å². The minimum absolute atomic E-state index is 0.00296. The lowest BCUT2D eigenvalue weighted by Gasteiger charge is -2.20. The smallest absolute Gasteiger partial charge is 0.268 e. The summed E-state index contributed by atoms with van der Waals surface area (Å²) in [4.78, 5) is 14.8. The third-order valence-electron chi connectivity index (χ3n) is 2.41. The van der Waals surface area contributed by atoms with Crippen molar-refractivity contribution < 1.29 is 4.79 Å². The van der Waals surface area contributed by atoms with E-state index in [9.17, 15) is 4.79 Å². The highest BCUT2D eigenvalue weighted by molar-refractivity contribution is 9.11. The average molecular weight is 322 g/mol. The molecule has 1 aromatic carbocycles. The van der Waals surface area contributed by atoms with Crippen LogP contribution in [0.15, 0.2) is 58.9 Å². The highest BCUT2D eigenvalue weighted by Gasteiger charge is 2.17. The Balaban J connectivity index is 2.31. The number of anilines is 1. The Labute approximate surface area is 119 Å². The molecule has 2 nitrogen and oxygen atoms in total. The fourth-order valence-corrected chi connectivity index (χ4v) is 2.94. The van der Waals surface area contributed by atoms with Gasteiger partial charge in [0.25, 0.3) is 5.91 Å². The number of thiophene rings is 1. The Morgan fingerprint density at radius 1 is 1.28 bits per heavy atom. The summed E-state index contributed by atoms with van der Waals surface area (Å²) >= 11 is 4.81. The first kappa shape index (κ1) is 13.1. The highest BCUT2D eigenvalue weighted by Crippen LogP contribution is 2.25. The third-order valence-corrected chi connectivity index (χ3v) is 4.02. The summed E-state index contributed by atoms with van der Waals surface area (Å²) in [5.41, 5.74) is 0.881. The van der Waals surface area contributed by atoms with Crippen LogP contribution in [0.25, 0.3) is 0 Å². The maximum absolute atomic E-state index is 12.4. The summed E-state index contributed by atoms with van der Waals surface area (Å²) in [6, 6.07) is 13.3. The van der Waals surface area contributed by atoms with Gasteiger partial charge in [0.2, 0.25) is 0 Å². The van der Waals surface area contributed by atoms with Crippen molar-refractivity contribution in [1.82, 2.24) is 0 Å². The van der Waals surface area contributed by atoms with Gasteiger partial charge in [-0.15, -0.1) is 17.9 Å². The molecule has 0 unspecified atom stereocenters. The van der Waals surface area contributed by atoms with E-state index >= 15 is 0 Å². The van der Waals surface area contributed by atoms with Gasteiger partial charge in [-0.2, -0.15) is 0 Å². The lowest BCUT2D eigenvalue weighted by Crippen LogP contribution is -2.30. The van der Waals surface area contributed by atoms with Crippen molar-refractivity contribution in [1.29, 1.82) is 0 Å². The van der Waals surface area contributed by atoms with Crippen LogP contribution < -0.4 is 4.90 Å². The molecule has 18 heavy (non-hydrogen) atoms. The van der Waals surface area contributed by atoms with E-state index in [1.165, 1.54) is 11.3 Å². The fraction of sp³-hybridized carbons (Fsp3) is 0.0714. The molecular weight excluding hydrogens is 310 g/mol. The zero-order chi connectivity index (χ0) is 13.0. The number of amides is 1. The summed E-state index contributed by atoms with van der Waals surface area (Å²) in [5.74, 6) is -0.00296. The summed E-state index contributed by atoms with van der Waals surface area (Å²) in [7, 11) is 0. The Hall–Kier alpha value is -1.39. The van der Waals surface area contributed by atoms with Crippen molar-refractivity contribution in [3.8, 4) is 0 Å². The van der Waals surface area contributed by atoms with Crippen LogP contribution in [0.4, 0.5) is 5.69 Å². The number of nitrogens with zero attached hydrogens (tertiary/aromatic N) is 1. The van der Waals surface area contributed by atoms with Crippen molar-refractivity contribution in [2.45, 2.75) is 0 Å². The first-order valence-corrected chi connectivity index (χ1v) is 7.06. The van der Waals surface area contributed by atoms with Crippen molar-refractivity contribution in [3.05, 3.63) is 63.8 Å². The standard InChI is InChI=1S/C14H12BrNOS/c1-2-10-16(11-6-4-3-5-7-11)14(17)12-8-9-13(15)18-12/h2-9H,1,10H2. The molecule has 0 atom stereocenters.